The van der Waals surface area contributed by atoms with Crippen molar-refractivity contribution in [1.29, 1.82) is 0 Å². The van der Waals surface area contributed by atoms with Gasteiger partial charge in [0.15, 0.2) is 0 Å². The van der Waals surface area contributed by atoms with Crippen molar-refractivity contribution in [2.24, 2.45) is 46.3 Å². The molecule has 0 aromatic heterocycles. The molecule has 198 valence electrons. The predicted octanol–water partition coefficient (Wildman–Crippen LogP) is 4.97. The van der Waals surface area contributed by atoms with Crippen LogP contribution in [0.4, 0.5) is 0 Å². The SMILES string of the molecule is CC(CCC(=O)N[C@H](CCC=O)C(=O)O)[C@H]1CC[C@H]2[C@@H]3CC[C@@H]4C[C@H](O)CC[C@]4(C)[C@H]3CC[C@]12C. The van der Waals surface area contributed by atoms with Gasteiger partial charge in [-0.25, -0.2) is 4.79 Å². The minimum absolute atomic E-state index is 0.0943. The number of hydrogen-bond donors (Lipinski definition) is 3. The van der Waals surface area contributed by atoms with Crippen molar-refractivity contribution in [3.05, 3.63) is 0 Å². The smallest absolute Gasteiger partial charge is 0.326 e. The lowest BCUT2D eigenvalue weighted by Gasteiger charge is -2.61. The zero-order valence-electron chi connectivity index (χ0n) is 22.0. The van der Waals surface area contributed by atoms with Crippen molar-refractivity contribution in [2.45, 2.75) is 116 Å². The number of aliphatic hydroxyl groups excluding tert-OH is 1. The molecule has 0 radical (unpaired) electrons. The van der Waals surface area contributed by atoms with Crippen LogP contribution in [-0.4, -0.2) is 40.5 Å². The molecular formula is C29H47NO5. The second-order valence-electron chi connectivity index (χ2n) is 13.0. The van der Waals surface area contributed by atoms with E-state index in [2.05, 4.69) is 26.1 Å². The maximum absolute atomic E-state index is 12.5. The van der Waals surface area contributed by atoms with Crippen LogP contribution in [0.3, 0.4) is 0 Å². The zero-order valence-corrected chi connectivity index (χ0v) is 22.0. The van der Waals surface area contributed by atoms with Gasteiger partial charge in [-0.3, -0.25) is 4.79 Å². The van der Waals surface area contributed by atoms with E-state index in [-0.39, 0.29) is 24.9 Å². The number of carbonyl (C=O) groups is 3. The Kier molecular flexibility index (Phi) is 8.00. The molecule has 6 nitrogen and oxygen atoms in total. The lowest BCUT2D eigenvalue weighted by Crippen LogP contribution is -2.54. The molecule has 1 unspecified atom stereocenters. The first-order valence-corrected chi connectivity index (χ1v) is 14.2. The van der Waals surface area contributed by atoms with Gasteiger partial charge >= 0.3 is 5.97 Å². The van der Waals surface area contributed by atoms with E-state index < -0.39 is 12.0 Å². The highest BCUT2D eigenvalue weighted by molar-refractivity contribution is 5.83. The summed E-state index contributed by atoms with van der Waals surface area (Å²) >= 11 is 0. The molecule has 4 rings (SSSR count). The second kappa shape index (κ2) is 10.5. The molecule has 3 N–H and O–H groups in total. The van der Waals surface area contributed by atoms with Crippen LogP contribution in [0.15, 0.2) is 0 Å². The number of hydrogen-bond acceptors (Lipinski definition) is 4. The predicted molar refractivity (Wildman–Crippen MR) is 134 cm³/mol. The number of fused-ring (bicyclic) bond motifs is 5. The fourth-order valence-electron chi connectivity index (χ4n) is 9.53. The molecule has 0 heterocycles. The third-order valence-electron chi connectivity index (χ3n) is 11.4. The average molecular weight is 490 g/mol. The maximum Gasteiger partial charge on any atom is 0.326 e. The monoisotopic (exact) mass is 489 g/mol. The number of carboxylic acids is 1. The highest BCUT2D eigenvalue weighted by Crippen LogP contribution is 2.68. The summed E-state index contributed by atoms with van der Waals surface area (Å²) in [6.45, 7) is 7.36. The van der Waals surface area contributed by atoms with Gasteiger partial charge in [0.1, 0.15) is 12.3 Å². The molecular weight excluding hydrogens is 442 g/mol. The molecule has 1 amide bonds. The number of aldehydes is 1. The molecule has 6 heteroatoms. The van der Waals surface area contributed by atoms with Gasteiger partial charge in [0.25, 0.3) is 0 Å². The van der Waals surface area contributed by atoms with Crippen LogP contribution in [0, 0.1) is 46.3 Å². The summed E-state index contributed by atoms with van der Waals surface area (Å²) in [5.41, 5.74) is 0.734. The normalized spacial score (nSPS) is 42.2. The first-order valence-electron chi connectivity index (χ1n) is 14.2. The lowest BCUT2D eigenvalue weighted by molar-refractivity contribution is -0.142. The number of nitrogens with one attached hydrogen (secondary N) is 1. The first kappa shape index (κ1) is 26.6. The third kappa shape index (κ3) is 5.06. The lowest BCUT2D eigenvalue weighted by atomic mass is 9.44. The van der Waals surface area contributed by atoms with E-state index in [0.29, 0.717) is 41.3 Å². The van der Waals surface area contributed by atoms with Gasteiger partial charge in [-0.15, -0.1) is 0 Å². The molecule has 10 atom stereocenters. The van der Waals surface area contributed by atoms with Gasteiger partial charge in [0.2, 0.25) is 5.91 Å². The largest absolute Gasteiger partial charge is 0.480 e. The van der Waals surface area contributed by atoms with E-state index in [9.17, 15) is 24.6 Å². The standard InChI is InChI=1S/C29H47NO5/c1-18(6-11-26(33)30-25(27(34)35)5-4-16-31)22-9-10-23-21-8-7-19-17-20(32)12-14-28(19,2)24(21)13-15-29(22,23)3/h16,18-25,32H,4-15,17H2,1-3H3,(H,30,33)(H,34,35)/t18?,19-,20-,21+,22-,23+,24+,25-,28+,29-/m1/s1. The van der Waals surface area contributed by atoms with Crippen molar-refractivity contribution in [3.63, 3.8) is 0 Å². The average Bonchev–Trinajstić information content (AvgIpc) is 3.17. The van der Waals surface area contributed by atoms with Crippen molar-refractivity contribution in [1.82, 2.24) is 5.32 Å². The van der Waals surface area contributed by atoms with Gasteiger partial charge in [-0.05, 0) is 117 Å². The third-order valence-corrected chi connectivity index (χ3v) is 11.4. The van der Waals surface area contributed by atoms with Gasteiger partial charge in [-0.1, -0.05) is 20.8 Å². The van der Waals surface area contributed by atoms with Crippen LogP contribution in [-0.2, 0) is 14.4 Å². The summed E-state index contributed by atoms with van der Waals surface area (Å²) in [5.74, 6) is 2.81. The Hall–Kier alpha value is -1.43. The molecule has 35 heavy (non-hydrogen) atoms. The summed E-state index contributed by atoms with van der Waals surface area (Å²) < 4.78 is 0. The van der Waals surface area contributed by atoms with Crippen LogP contribution in [0.5, 0.6) is 0 Å². The Balaban J connectivity index is 1.36. The summed E-state index contributed by atoms with van der Waals surface area (Å²) in [7, 11) is 0. The highest BCUT2D eigenvalue weighted by Gasteiger charge is 2.60. The maximum atomic E-state index is 12.5. The van der Waals surface area contributed by atoms with Crippen molar-refractivity contribution in [2.75, 3.05) is 0 Å². The van der Waals surface area contributed by atoms with E-state index in [0.717, 1.165) is 37.0 Å². The molecule has 4 saturated carbocycles. The van der Waals surface area contributed by atoms with Crippen LogP contribution in [0.2, 0.25) is 0 Å². The Bertz CT molecular complexity index is 800. The Morgan fingerprint density at radius 3 is 2.43 bits per heavy atom. The van der Waals surface area contributed by atoms with Crippen molar-refractivity contribution in [3.8, 4) is 0 Å². The molecule has 0 spiro atoms. The van der Waals surface area contributed by atoms with Crippen LogP contribution >= 0.6 is 0 Å². The van der Waals surface area contributed by atoms with Gasteiger partial charge in [-0.2, -0.15) is 0 Å². The Morgan fingerprint density at radius 1 is 1.00 bits per heavy atom. The Labute approximate surface area is 211 Å². The minimum Gasteiger partial charge on any atom is -0.480 e. The summed E-state index contributed by atoms with van der Waals surface area (Å²) in [6, 6.07) is -0.982. The Morgan fingerprint density at radius 2 is 1.71 bits per heavy atom. The quantitative estimate of drug-likeness (QED) is 0.397. The van der Waals surface area contributed by atoms with Crippen molar-refractivity contribution >= 4 is 18.2 Å². The summed E-state index contributed by atoms with van der Waals surface area (Å²) in [6.07, 6.45) is 12.9. The number of carbonyl (C=O) groups excluding carboxylic acids is 2. The van der Waals surface area contributed by atoms with E-state index in [1.165, 1.54) is 44.9 Å². The number of rotatable bonds is 9. The van der Waals surface area contributed by atoms with Gasteiger partial charge in [0, 0.05) is 12.8 Å². The number of carboxylic acid groups (broad SMARTS) is 1. The molecule has 4 fully saturated rings. The second-order valence-corrected chi connectivity index (χ2v) is 13.0. The molecule has 4 aliphatic rings. The highest BCUT2D eigenvalue weighted by atomic mass is 16.4. The van der Waals surface area contributed by atoms with Crippen LogP contribution < -0.4 is 5.32 Å². The molecule has 0 aliphatic heterocycles. The molecule has 0 aromatic rings. The van der Waals surface area contributed by atoms with E-state index in [4.69, 9.17) is 0 Å². The van der Waals surface area contributed by atoms with Crippen LogP contribution in [0.1, 0.15) is 104 Å². The topological polar surface area (TPSA) is 104 Å². The fourth-order valence-corrected chi connectivity index (χ4v) is 9.53. The van der Waals surface area contributed by atoms with Crippen LogP contribution in [0.25, 0.3) is 0 Å². The summed E-state index contributed by atoms with van der Waals surface area (Å²) in [5, 5.41) is 22.2. The molecule has 0 saturated heterocycles. The van der Waals surface area contributed by atoms with E-state index in [1.807, 2.05) is 0 Å². The number of aliphatic carboxylic acids is 1. The fraction of sp³-hybridized carbons (Fsp3) is 0.897. The first-order chi connectivity index (χ1) is 16.6. The van der Waals surface area contributed by atoms with E-state index in [1.54, 1.807) is 0 Å². The van der Waals surface area contributed by atoms with Crippen molar-refractivity contribution < 1.29 is 24.6 Å². The molecule has 0 bridgehead atoms. The van der Waals surface area contributed by atoms with E-state index >= 15 is 0 Å². The minimum atomic E-state index is -1.08. The molecule has 0 aromatic carbocycles. The van der Waals surface area contributed by atoms with Gasteiger partial charge < -0.3 is 20.3 Å². The number of amides is 1. The summed E-state index contributed by atoms with van der Waals surface area (Å²) in [4.78, 5) is 34.5. The number of aliphatic hydroxyl groups is 1. The van der Waals surface area contributed by atoms with Gasteiger partial charge in [0.05, 0.1) is 6.10 Å². The zero-order chi connectivity index (χ0) is 25.4. The molecule has 4 aliphatic carbocycles.